The minimum atomic E-state index is 0.0781. The first-order valence-corrected chi connectivity index (χ1v) is 6.06. The van der Waals surface area contributed by atoms with Gasteiger partial charge in [0.05, 0.1) is 18.6 Å². The first-order valence-electron chi connectivity index (χ1n) is 6.06. The second kappa shape index (κ2) is 6.11. The summed E-state index contributed by atoms with van der Waals surface area (Å²) in [6.07, 6.45) is 3.38. The van der Waals surface area contributed by atoms with Crippen LogP contribution in [0.5, 0.6) is 0 Å². The molecule has 1 N–H and O–H groups in total. The summed E-state index contributed by atoms with van der Waals surface area (Å²) in [5.74, 6) is 0.870. The van der Waals surface area contributed by atoms with Crippen molar-refractivity contribution in [1.82, 2.24) is 5.32 Å². The number of amides is 1. The molecule has 0 spiro atoms. The zero-order valence-corrected chi connectivity index (χ0v) is 10.1. The van der Waals surface area contributed by atoms with Gasteiger partial charge in [0.25, 0.3) is 0 Å². The van der Waals surface area contributed by atoms with Gasteiger partial charge in [-0.15, -0.1) is 0 Å². The van der Waals surface area contributed by atoms with Crippen LogP contribution in [-0.2, 0) is 9.53 Å². The Morgan fingerprint density at radius 2 is 2.13 bits per heavy atom. The molecular weight excluding hydrogens is 190 g/mol. The van der Waals surface area contributed by atoms with E-state index in [2.05, 4.69) is 19.2 Å². The van der Waals surface area contributed by atoms with Crippen molar-refractivity contribution in [3.05, 3.63) is 0 Å². The summed E-state index contributed by atoms with van der Waals surface area (Å²) < 4.78 is 5.39. The van der Waals surface area contributed by atoms with E-state index in [-0.39, 0.29) is 17.9 Å². The van der Waals surface area contributed by atoms with E-state index in [4.69, 9.17) is 4.74 Å². The monoisotopic (exact) mass is 213 g/mol. The fourth-order valence-corrected chi connectivity index (χ4v) is 1.97. The zero-order chi connectivity index (χ0) is 11.3. The lowest BCUT2D eigenvalue weighted by molar-refractivity contribution is -0.125. The highest BCUT2D eigenvalue weighted by molar-refractivity contribution is 5.79. The minimum absolute atomic E-state index is 0.0781. The molecule has 1 aliphatic heterocycles. The Kier molecular flexibility index (Phi) is 5.09. The van der Waals surface area contributed by atoms with Crippen molar-refractivity contribution in [2.75, 3.05) is 13.2 Å². The number of hydrogen-bond acceptors (Lipinski definition) is 2. The maximum absolute atomic E-state index is 11.7. The molecule has 1 aliphatic rings. The standard InChI is InChI=1S/C12H23NO2/c1-4-10(5-2)7-13-12(14)11-6-9(3)15-8-11/h9-11H,4-8H2,1-3H3,(H,13,14). The molecule has 0 aromatic carbocycles. The zero-order valence-electron chi connectivity index (χ0n) is 10.1. The number of carbonyl (C=O) groups excluding carboxylic acids is 1. The second-order valence-electron chi connectivity index (χ2n) is 4.50. The predicted molar refractivity (Wildman–Crippen MR) is 60.6 cm³/mol. The van der Waals surface area contributed by atoms with E-state index >= 15 is 0 Å². The molecule has 0 aromatic rings. The van der Waals surface area contributed by atoms with Gasteiger partial charge in [-0.2, -0.15) is 0 Å². The highest BCUT2D eigenvalue weighted by Gasteiger charge is 2.28. The topological polar surface area (TPSA) is 38.3 Å². The van der Waals surface area contributed by atoms with E-state index in [1.54, 1.807) is 0 Å². The molecule has 2 atom stereocenters. The van der Waals surface area contributed by atoms with E-state index in [0.29, 0.717) is 12.5 Å². The van der Waals surface area contributed by atoms with Crippen LogP contribution in [0.25, 0.3) is 0 Å². The SMILES string of the molecule is CCC(CC)CNC(=O)C1COC(C)C1. The number of rotatable bonds is 5. The van der Waals surface area contributed by atoms with Crippen molar-refractivity contribution in [3.63, 3.8) is 0 Å². The summed E-state index contributed by atoms with van der Waals surface area (Å²) in [6.45, 7) is 7.77. The van der Waals surface area contributed by atoms with Gasteiger partial charge in [-0.1, -0.05) is 26.7 Å². The average molecular weight is 213 g/mol. The number of hydrogen-bond donors (Lipinski definition) is 1. The summed E-state index contributed by atoms with van der Waals surface area (Å²) in [5, 5.41) is 3.03. The normalized spacial score (nSPS) is 25.9. The average Bonchev–Trinajstić information content (AvgIpc) is 2.66. The van der Waals surface area contributed by atoms with Crippen LogP contribution in [0.15, 0.2) is 0 Å². The first-order chi connectivity index (χ1) is 7.17. The van der Waals surface area contributed by atoms with Gasteiger partial charge in [-0.05, 0) is 19.3 Å². The molecule has 0 aliphatic carbocycles. The minimum Gasteiger partial charge on any atom is -0.378 e. The van der Waals surface area contributed by atoms with E-state index in [1.807, 2.05) is 6.92 Å². The van der Waals surface area contributed by atoms with Crippen LogP contribution in [0.3, 0.4) is 0 Å². The van der Waals surface area contributed by atoms with Crippen LogP contribution in [0.4, 0.5) is 0 Å². The van der Waals surface area contributed by atoms with Crippen LogP contribution >= 0.6 is 0 Å². The van der Waals surface area contributed by atoms with Gasteiger partial charge >= 0.3 is 0 Å². The Labute approximate surface area is 92.6 Å². The molecule has 0 aromatic heterocycles. The Morgan fingerprint density at radius 3 is 2.60 bits per heavy atom. The van der Waals surface area contributed by atoms with E-state index in [9.17, 15) is 4.79 Å². The van der Waals surface area contributed by atoms with Crippen LogP contribution in [0, 0.1) is 11.8 Å². The molecular formula is C12H23NO2. The molecule has 0 radical (unpaired) electrons. The largest absolute Gasteiger partial charge is 0.378 e. The summed E-state index contributed by atoms with van der Waals surface area (Å²) in [5.41, 5.74) is 0. The molecule has 1 amide bonds. The van der Waals surface area contributed by atoms with Crippen LogP contribution < -0.4 is 5.32 Å². The van der Waals surface area contributed by atoms with Crippen LogP contribution in [-0.4, -0.2) is 25.2 Å². The van der Waals surface area contributed by atoms with Gasteiger partial charge < -0.3 is 10.1 Å². The fourth-order valence-electron chi connectivity index (χ4n) is 1.97. The molecule has 88 valence electrons. The maximum atomic E-state index is 11.7. The van der Waals surface area contributed by atoms with E-state index in [0.717, 1.165) is 25.8 Å². The number of carbonyl (C=O) groups is 1. The third-order valence-electron chi connectivity index (χ3n) is 3.29. The smallest absolute Gasteiger partial charge is 0.225 e. The van der Waals surface area contributed by atoms with Gasteiger partial charge in [0.2, 0.25) is 5.91 Å². The van der Waals surface area contributed by atoms with E-state index in [1.165, 1.54) is 0 Å². The van der Waals surface area contributed by atoms with Crippen molar-refractivity contribution < 1.29 is 9.53 Å². The summed E-state index contributed by atoms with van der Waals surface area (Å²) in [6, 6.07) is 0. The van der Waals surface area contributed by atoms with Crippen molar-refractivity contribution in [3.8, 4) is 0 Å². The summed E-state index contributed by atoms with van der Waals surface area (Å²) >= 11 is 0. The lowest BCUT2D eigenvalue weighted by Crippen LogP contribution is -2.34. The second-order valence-corrected chi connectivity index (χ2v) is 4.50. The highest BCUT2D eigenvalue weighted by atomic mass is 16.5. The molecule has 15 heavy (non-hydrogen) atoms. The van der Waals surface area contributed by atoms with Gasteiger partial charge in [-0.25, -0.2) is 0 Å². The van der Waals surface area contributed by atoms with Crippen LogP contribution in [0.2, 0.25) is 0 Å². The third kappa shape index (κ3) is 3.82. The van der Waals surface area contributed by atoms with Crippen molar-refractivity contribution in [2.45, 2.75) is 46.1 Å². The fraction of sp³-hybridized carbons (Fsp3) is 0.917. The van der Waals surface area contributed by atoms with Crippen LogP contribution in [0.1, 0.15) is 40.0 Å². The van der Waals surface area contributed by atoms with Gasteiger partial charge in [-0.3, -0.25) is 4.79 Å². The quantitative estimate of drug-likeness (QED) is 0.758. The molecule has 3 nitrogen and oxygen atoms in total. The van der Waals surface area contributed by atoms with E-state index < -0.39 is 0 Å². The third-order valence-corrected chi connectivity index (χ3v) is 3.29. The molecule has 1 fully saturated rings. The molecule has 0 saturated carbocycles. The van der Waals surface area contributed by atoms with Gasteiger partial charge in [0.1, 0.15) is 0 Å². The van der Waals surface area contributed by atoms with Crippen molar-refractivity contribution in [1.29, 1.82) is 0 Å². The molecule has 3 heteroatoms. The first kappa shape index (κ1) is 12.5. The van der Waals surface area contributed by atoms with Crippen molar-refractivity contribution in [2.24, 2.45) is 11.8 Å². The highest BCUT2D eigenvalue weighted by Crippen LogP contribution is 2.19. The predicted octanol–water partition coefficient (Wildman–Crippen LogP) is 1.96. The summed E-state index contributed by atoms with van der Waals surface area (Å²) in [7, 11) is 0. The van der Waals surface area contributed by atoms with Gasteiger partial charge in [0.15, 0.2) is 0 Å². The molecule has 1 saturated heterocycles. The Morgan fingerprint density at radius 1 is 1.47 bits per heavy atom. The number of nitrogens with one attached hydrogen (secondary N) is 1. The van der Waals surface area contributed by atoms with Crippen molar-refractivity contribution >= 4 is 5.91 Å². The summed E-state index contributed by atoms with van der Waals surface area (Å²) in [4.78, 5) is 11.7. The molecule has 1 heterocycles. The molecule has 2 unspecified atom stereocenters. The maximum Gasteiger partial charge on any atom is 0.225 e. The Hall–Kier alpha value is -0.570. The Balaban J connectivity index is 2.23. The lowest BCUT2D eigenvalue weighted by atomic mass is 10.0. The Bertz CT molecular complexity index is 202. The molecule has 1 rings (SSSR count). The molecule has 0 bridgehead atoms. The van der Waals surface area contributed by atoms with Gasteiger partial charge in [0, 0.05) is 6.54 Å². The lowest BCUT2D eigenvalue weighted by Gasteiger charge is -2.15. The number of ether oxygens (including phenoxy) is 1.